The van der Waals surface area contributed by atoms with Gasteiger partial charge in [-0.1, -0.05) is 39.0 Å². The summed E-state index contributed by atoms with van der Waals surface area (Å²) >= 11 is 0. The van der Waals surface area contributed by atoms with Gasteiger partial charge in [-0.25, -0.2) is 4.98 Å². The molecule has 0 atom stereocenters. The van der Waals surface area contributed by atoms with E-state index >= 15 is 0 Å². The van der Waals surface area contributed by atoms with Gasteiger partial charge >= 0.3 is 0 Å². The number of imidazole rings is 1. The van der Waals surface area contributed by atoms with E-state index in [1.54, 1.807) is 0 Å². The van der Waals surface area contributed by atoms with Gasteiger partial charge in [-0.05, 0) is 32.1 Å². The van der Waals surface area contributed by atoms with Crippen LogP contribution in [0.2, 0.25) is 0 Å². The summed E-state index contributed by atoms with van der Waals surface area (Å²) in [4.78, 5) is 5.07. The molecule has 3 heteroatoms. The zero-order valence-corrected chi connectivity index (χ0v) is 12.9. The van der Waals surface area contributed by atoms with Gasteiger partial charge in [0.05, 0.1) is 5.69 Å². The Hall–Kier alpha value is -0.990. The largest absolute Gasteiger partial charge is 0.384 e. The predicted octanol–water partition coefficient (Wildman–Crippen LogP) is 4.58. The van der Waals surface area contributed by atoms with Gasteiger partial charge in [0.15, 0.2) is 0 Å². The smallest absolute Gasteiger partial charge is 0.127 e. The summed E-state index contributed by atoms with van der Waals surface area (Å²) in [5.74, 6) is 3.59. The van der Waals surface area contributed by atoms with Crippen molar-refractivity contribution in [2.24, 2.45) is 0 Å². The third-order valence-electron chi connectivity index (χ3n) is 5.22. The maximum absolute atomic E-state index is 6.49. The lowest BCUT2D eigenvalue weighted by Crippen LogP contribution is -2.10. The first-order valence-electron chi connectivity index (χ1n) is 8.67. The zero-order valence-electron chi connectivity index (χ0n) is 12.9. The van der Waals surface area contributed by atoms with Crippen molar-refractivity contribution in [3.63, 3.8) is 0 Å². The van der Waals surface area contributed by atoms with Crippen molar-refractivity contribution < 1.29 is 0 Å². The molecule has 2 aliphatic rings. The molecule has 3 rings (SSSR count). The van der Waals surface area contributed by atoms with Crippen LogP contribution in [0, 0.1) is 0 Å². The number of hydrogen-bond donors (Lipinski definition) is 1. The molecule has 3 nitrogen and oxygen atoms in total. The molecule has 20 heavy (non-hydrogen) atoms. The Morgan fingerprint density at radius 2 is 1.60 bits per heavy atom. The van der Waals surface area contributed by atoms with Crippen molar-refractivity contribution in [3.8, 4) is 0 Å². The quantitative estimate of drug-likeness (QED) is 0.874. The molecule has 1 heterocycles. The van der Waals surface area contributed by atoms with Gasteiger partial charge in [-0.3, -0.25) is 0 Å². The average Bonchev–Trinajstić information content (AvgIpc) is 3.10. The molecule has 0 aromatic carbocycles. The molecular weight excluding hydrogens is 246 g/mol. The third-order valence-corrected chi connectivity index (χ3v) is 5.22. The Kier molecular flexibility index (Phi) is 4.32. The number of rotatable bonds is 4. The summed E-state index contributed by atoms with van der Waals surface area (Å²) in [7, 11) is 0. The third kappa shape index (κ3) is 2.59. The Morgan fingerprint density at radius 3 is 2.25 bits per heavy atom. The van der Waals surface area contributed by atoms with Crippen molar-refractivity contribution >= 4 is 5.82 Å². The highest BCUT2D eigenvalue weighted by molar-refractivity contribution is 5.41. The van der Waals surface area contributed by atoms with Gasteiger partial charge in [-0.15, -0.1) is 0 Å². The number of nitrogens with zero attached hydrogens (tertiary/aromatic N) is 2. The summed E-state index contributed by atoms with van der Waals surface area (Å²) in [6, 6.07) is 0. The van der Waals surface area contributed by atoms with Gasteiger partial charge < -0.3 is 10.3 Å². The fourth-order valence-corrected chi connectivity index (χ4v) is 4.13. The SMILES string of the molecule is CCCn1c(C2CCCC2)nc(C2CCCCC2)c1N. The molecule has 0 unspecified atom stereocenters. The number of anilines is 1. The number of hydrogen-bond acceptors (Lipinski definition) is 2. The fraction of sp³-hybridized carbons (Fsp3) is 0.824. The molecule has 1 aromatic rings. The topological polar surface area (TPSA) is 43.8 Å². The van der Waals surface area contributed by atoms with Crippen LogP contribution < -0.4 is 5.73 Å². The van der Waals surface area contributed by atoms with E-state index in [2.05, 4.69) is 11.5 Å². The van der Waals surface area contributed by atoms with Crippen LogP contribution >= 0.6 is 0 Å². The van der Waals surface area contributed by atoms with Crippen molar-refractivity contribution in [2.75, 3.05) is 5.73 Å². The molecule has 2 fully saturated rings. The number of aromatic nitrogens is 2. The Morgan fingerprint density at radius 1 is 1.00 bits per heavy atom. The van der Waals surface area contributed by atoms with Crippen LogP contribution in [0.4, 0.5) is 5.82 Å². The normalized spacial score (nSPS) is 21.6. The van der Waals surface area contributed by atoms with Crippen LogP contribution in [0.15, 0.2) is 0 Å². The van der Waals surface area contributed by atoms with Gasteiger partial charge in [-0.2, -0.15) is 0 Å². The second kappa shape index (κ2) is 6.19. The second-order valence-corrected chi connectivity index (χ2v) is 6.71. The van der Waals surface area contributed by atoms with E-state index in [0.717, 1.165) is 18.8 Å². The molecule has 0 saturated heterocycles. The van der Waals surface area contributed by atoms with Crippen LogP contribution in [0.1, 0.15) is 94.5 Å². The highest BCUT2D eigenvalue weighted by Gasteiger charge is 2.28. The summed E-state index contributed by atoms with van der Waals surface area (Å²) < 4.78 is 2.35. The average molecular weight is 275 g/mol. The van der Waals surface area contributed by atoms with Gasteiger partial charge in [0.1, 0.15) is 11.6 Å². The summed E-state index contributed by atoms with van der Waals surface area (Å²) in [6.07, 6.45) is 13.2. The maximum atomic E-state index is 6.49. The molecule has 0 radical (unpaired) electrons. The number of nitrogen functional groups attached to an aromatic ring is 1. The molecule has 0 spiro atoms. The van der Waals surface area contributed by atoms with Gasteiger partial charge in [0, 0.05) is 18.4 Å². The summed E-state index contributed by atoms with van der Waals surface area (Å²) in [5, 5.41) is 0. The number of nitrogens with two attached hydrogens (primary N) is 1. The summed E-state index contributed by atoms with van der Waals surface area (Å²) in [6.45, 7) is 3.27. The van der Waals surface area contributed by atoms with Crippen LogP contribution in [0.3, 0.4) is 0 Å². The fourth-order valence-electron chi connectivity index (χ4n) is 4.13. The van der Waals surface area contributed by atoms with E-state index in [4.69, 9.17) is 10.7 Å². The van der Waals surface area contributed by atoms with Crippen molar-refractivity contribution in [3.05, 3.63) is 11.5 Å². The van der Waals surface area contributed by atoms with Crippen molar-refractivity contribution in [2.45, 2.75) is 89.5 Å². The first-order valence-corrected chi connectivity index (χ1v) is 8.67. The van der Waals surface area contributed by atoms with Crippen LogP contribution in [0.25, 0.3) is 0 Å². The first-order chi connectivity index (χ1) is 9.81. The lowest BCUT2D eigenvalue weighted by Gasteiger charge is -2.20. The molecular formula is C17H29N3. The second-order valence-electron chi connectivity index (χ2n) is 6.71. The van der Waals surface area contributed by atoms with Crippen LogP contribution in [-0.2, 0) is 6.54 Å². The molecule has 1 aromatic heterocycles. The monoisotopic (exact) mass is 275 g/mol. The zero-order chi connectivity index (χ0) is 13.9. The molecule has 0 bridgehead atoms. The predicted molar refractivity (Wildman–Crippen MR) is 84.0 cm³/mol. The Bertz CT molecular complexity index is 437. The minimum Gasteiger partial charge on any atom is -0.384 e. The lowest BCUT2D eigenvalue weighted by atomic mass is 9.87. The molecule has 2 N–H and O–H groups in total. The Balaban J connectivity index is 1.91. The highest BCUT2D eigenvalue weighted by atomic mass is 15.1. The van der Waals surface area contributed by atoms with Gasteiger partial charge in [0.2, 0.25) is 0 Å². The minimum absolute atomic E-state index is 0.627. The molecule has 2 aliphatic carbocycles. The Labute approximate surface area is 123 Å². The van der Waals surface area contributed by atoms with E-state index in [0.29, 0.717) is 11.8 Å². The summed E-state index contributed by atoms with van der Waals surface area (Å²) in [5.41, 5.74) is 7.73. The maximum Gasteiger partial charge on any atom is 0.127 e. The molecule has 0 aliphatic heterocycles. The highest BCUT2D eigenvalue weighted by Crippen LogP contribution is 2.40. The first kappa shape index (κ1) is 14.0. The van der Waals surface area contributed by atoms with Crippen molar-refractivity contribution in [1.82, 2.24) is 9.55 Å². The van der Waals surface area contributed by atoms with Crippen LogP contribution in [-0.4, -0.2) is 9.55 Å². The molecule has 2 saturated carbocycles. The molecule has 0 amide bonds. The van der Waals surface area contributed by atoms with E-state index in [1.807, 2.05) is 0 Å². The minimum atomic E-state index is 0.627. The van der Waals surface area contributed by atoms with E-state index < -0.39 is 0 Å². The van der Waals surface area contributed by atoms with Crippen LogP contribution in [0.5, 0.6) is 0 Å². The van der Waals surface area contributed by atoms with E-state index in [9.17, 15) is 0 Å². The van der Waals surface area contributed by atoms with E-state index in [-0.39, 0.29) is 0 Å². The van der Waals surface area contributed by atoms with Gasteiger partial charge in [0.25, 0.3) is 0 Å². The standard InChI is InChI=1S/C17H29N3/c1-2-12-20-16(18)15(13-8-4-3-5-9-13)19-17(20)14-10-6-7-11-14/h13-14H,2-12,18H2,1H3. The van der Waals surface area contributed by atoms with Crippen molar-refractivity contribution in [1.29, 1.82) is 0 Å². The molecule has 112 valence electrons. The lowest BCUT2D eigenvalue weighted by molar-refractivity contribution is 0.438. The van der Waals surface area contributed by atoms with E-state index in [1.165, 1.54) is 69.3 Å².